The quantitative estimate of drug-likeness (QED) is 0.751. The van der Waals surface area contributed by atoms with Gasteiger partial charge in [0.15, 0.2) is 0 Å². The molecule has 14 heavy (non-hydrogen) atoms. The third kappa shape index (κ3) is 3.01. The van der Waals surface area contributed by atoms with Crippen molar-refractivity contribution in [2.24, 2.45) is 0 Å². The minimum Gasteiger partial charge on any atom is -0.192 e. The molecule has 2 heteroatoms. The summed E-state index contributed by atoms with van der Waals surface area (Å²) in [7, 11) is 0. The van der Waals surface area contributed by atoms with Crippen molar-refractivity contribution < 1.29 is 0 Å². The maximum absolute atomic E-state index is 8.69. The zero-order chi connectivity index (χ0) is 10.4. The lowest BCUT2D eigenvalue weighted by Gasteiger charge is -1.99. The summed E-state index contributed by atoms with van der Waals surface area (Å²) in [5, 5.41) is 9.68. The second kappa shape index (κ2) is 5.62. The van der Waals surface area contributed by atoms with Gasteiger partial charge in [-0.05, 0) is 36.6 Å². The fourth-order valence-electron chi connectivity index (χ4n) is 1.21. The predicted molar refractivity (Wildman–Crippen MR) is 63.3 cm³/mol. The number of alkyl halides is 1. The van der Waals surface area contributed by atoms with E-state index < -0.39 is 0 Å². The summed E-state index contributed by atoms with van der Waals surface area (Å²) in [5.74, 6) is 0. The van der Waals surface area contributed by atoms with Crippen molar-refractivity contribution in [3.63, 3.8) is 0 Å². The highest BCUT2D eigenvalue weighted by atomic mass is 79.9. The number of hydrogen-bond donors (Lipinski definition) is 0. The molecule has 0 aliphatic heterocycles. The van der Waals surface area contributed by atoms with Crippen LogP contribution in [0.4, 0.5) is 0 Å². The van der Waals surface area contributed by atoms with Crippen molar-refractivity contribution in [1.29, 1.82) is 5.26 Å². The average molecular weight is 250 g/mol. The van der Waals surface area contributed by atoms with Crippen molar-refractivity contribution in [2.75, 3.05) is 5.33 Å². The molecule has 0 saturated heterocycles. The molecular formula is C12H12BrN. The smallest absolute Gasteiger partial charge is 0.0991 e. The van der Waals surface area contributed by atoms with Crippen molar-refractivity contribution in [1.82, 2.24) is 0 Å². The van der Waals surface area contributed by atoms with Crippen molar-refractivity contribution >= 4 is 22.0 Å². The molecule has 1 aromatic carbocycles. The van der Waals surface area contributed by atoms with Crippen LogP contribution >= 0.6 is 15.9 Å². The minimum atomic E-state index is 0.722. The molecule has 0 radical (unpaired) electrons. The van der Waals surface area contributed by atoms with Crippen LogP contribution in [0, 0.1) is 18.3 Å². The Balaban J connectivity index is 2.85. The molecule has 1 aromatic rings. The Hall–Kier alpha value is -1.07. The molecule has 0 spiro atoms. The third-order valence-electron chi connectivity index (χ3n) is 1.97. The molecular weight excluding hydrogens is 238 g/mol. The van der Waals surface area contributed by atoms with E-state index in [1.807, 2.05) is 25.1 Å². The van der Waals surface area contributed by atoms with Crippen LogP contribution in [0.5, 0.6) is 0 Å². The average Bonchev–Trinajstić information content (AvgIpc) is 2.20. The van der Waals surface area contributed by atoms with Crippen molar-refractivity contribution in [3.8, 4) is 6.07 Å². The summed E-state index contributed by atoms with van der Waals surface area (Å²) in [6, 6.07) is 7.87. The standard InChI is InChI=1S/C12H12BrN/c1-10-8-11(9-14)5-6-12(10)4-2-3-7-13/h2,4-6,8H,3,7H2,1H3. The summed E-state index contributed by atoms with van der Waals surface area (Å²) in [4.78, 5) is 0. The summed E-state index contributed by atoms with van der Waals surface area (Å²) < 4.78 is 0. The van der Waals surface area contributed by atoms with Gasteiger partial charge < -0.3 is 0 Å². The number of halogens is 1. The Bertz CT molecular complexity index is 374. The molecule has 0 bridgehead atoms. The predicted octanol–water partition coefficient (Wildman–Crippen LogP) is 3.66. The van der Waals surface area contributed by atoms with Crippen LogP contribution in [0.15, 0.2) is 24.3 Å². The number of allylic oxidation sites excluding steroid dienone is 1. The summed E-state index contributed by atoms with van der Waals surface area (Å²) >= 11 is 3.37. The zero-order valence-corrected chi connectivity index (χ0v) is 9.71. The van der Waals surface area contributed by atoms with Gasteiger partial charge in [0, 0.05) is 5.33 Å². The van der Waals surface area contributed by atoms with Gasteiger partial charge in [0.1, 0.15) is 0 Å². The van der Waals surface area contributed by atoms with Crippen LogP contribution < -0.4 is 0 Å². The first-order valence-corrected chi connectivity index (χ1v) is 5.63. The molecule has 0 saturated carbocycles. The van der Waals surface area contributed by atoms with Gasteiger partial charge in [-0.1, -0.05) is 34.1 Å². The lowest BCUT2D eigenvalue weighted by Crippen LogP contribution is -1.82. The van der Waals surface area contributed by atoms with Crippen LogP contribution in [0.1, 0.15) is 23.1 Å². The van der Waals surface area contributed by atoms with E-state index >= 15 is 0 Å². The number of benzene rings is 1. The molecule has 1 rings (SSSR count). The first-order chi connectivity index (χ1) is 6.77. The lowest BCUT2D eigenvalue weighted by atomic mass is 10.1. The lowest BCUT2D eigenvalue weighted by molar-refractivity contribution is 1.27. The third-order valence-corrected chi connectivity index (χ3v) is 2.43. The van der Waals surface area contributed by atoms with Gasteiger partial charge in [0.25, 0.3) is 0 Å². The summed E-state index contributed by atoms with van der Waals surface area (Å²) in [6.45, 7) is 2.02. The second-order valence-electron chi connectivity index (χ2n) is 3.06. The van der Waals surface area contributed by atoms with E-state index in [4.69, 9.17) is 5.26 Å². The van der Waals surface area contributed by atoms with Gasteiger partial charge in [0.05, 0.1) is 11.6 Å². The summed E-state index contributed by atoms with van der Waals surface area (Å²) in [6.07, 6.45) is 5.25. The molecule has 0 aliphatic rings. The van der Waals surface area contributed by atoms with Gasteiger partial charge in [-0.3, -0.25) is 0 Å². The molecule has 0 aromatic heterocycles. The maximum atomic E-state index is 8.69. The number of aryl methyl sites for hydroxylation is 1. The van der Waals surface area contributed by atoms with Gasteiger partial charge >= 0.3 is 0 Å². The Morgan fingerprint density at radius 3 is 2.86 bits per heavy atom. The Kier molecular flexibility index (Phi) is 4.42. The van der Waals surface area contributed by atoms with Crippen molar-refractivity contribution in [2.45, 2.75) is 13.3 Å². The molecule has 0 atom stereocenters. The highest BCUT2D eigenvalue weighted by Crippen LogP contribution is 2.12. The first kappa shape index (κ1) is 11.0. The Morgan fingerprint density at radius 1 is 1.50 bits per heavy atom. The fraction of sp³-hybridized carbons (Fsp3) is 0.250. The molecule has 0 fully saturated rings. The topological polar surface area (TPSA) is 23.8 Å². The van der Waals surface area contributed by atoms with Crippen LogP contribution in [-0.2, 0) is 0 Å². The van der Waals surface area contributed by atoms with E-state index in [2.05, 4.69) is 34.2 Å². The van der Waals surface area contributed by atoms with Gasteiger partial charge in [-0.2, -0.15) is 5.26 Å². The van der Waals surface area contributed by atoms with E-state index in [9.17, 15) is 0 Å². The molecule has 1 nitrogen and oxygen atoms in total. The van der Waals surface area contributed by atoms with Crippen LogP contribution in [-0.4, -0.2) is 5.33 Å². The Labute approximate surface area is 93.2 Å². The SMILES string of the molecule is Cc1cc(C#N)ccc1C=CCCBr. The molecule has 72 valence electrons. The highest BCUT2D eigenvalue weighted by Gasteiger charge is 1.95. The molecule has 0 aliphatic carbocycles. The number of nitriles is 1. The van der Waals surface area contributed by atoms with Crippen LogP contribution in [0.3, 0.4) is 0 Å². The maximum Gasteiger partial charge on any atom is 0.0991 e. The second-order valence-corrected chi connectivity index (χ2v) is 3.86. The Morgan fingerprint density at radius 2 is 2.29 bits per heavy atom. The monoisotopic (exact) mass is 249 g/mol. The van der Waals surface area contributed by atoms with Gasteiger partial charge in [-0.15, -0.1) is 0 Å². The largest absolute Gasteiger partial charge is 0.192 e. The minimum absolute atomic E-state index is 0.722. The number of nitrogens with zero attached hydrogens (tertiary/aromatic N) is 1. The van der Waals surface area contributed by atoms with Crippen molar-refractivity contribution in [3.05, 3.63) is 41.0 Å². The fourth-order valence-corrected chi connectivity index (χ4v) is 1.47. The van der Waals surface area contributed by atoms with Crippen LogP contribution in [0.2, 0.25) is 0 Å². The molecule has 0 N–H and O–H groups in total. The van der Waals surface area contributed by atoms with E-state index in [0.29, 0.717) is 0 Å². The van der Waals surface area contributed by atoms with E-state index in [1.54, 1.807) is 0 Å². The number of rotatable bonds is 3. The van der Waals surface area contributed by atoms with E-state index in [1.165, 1.54) is 5.56 Å². The summed E-state index contributed by atoms with van der Waals surface area (Å²) in [5.41, 5.74) is 3.06. The zero-order valence-electron chi connectivity index (χ0n) is 8.13. The number of hydrogen-bond acceptors (Lipinski definition) is 1. The normalized spacial score (nSPS) is 10.4. The highest BCUT2D eigenvalue weighted by molar-refractivity contribution is 9.09. The van der Waals surface area contributed by atoms with Gasteiger partial charge in [0.2, 0.25) is 0 Å². The van der Waals surface area contributed by atoms with E-state index in [-0.39, 0.29) is 0 Å². The van der Waals surface area contributed by atoms with Crippen LogP contribution in [0.25, 0.3) is 6.08 Å². The molecule has 0 heterocycles. The van der Waals surface area contributed by atoms with Gasteiger partial charge in [-0.25, -0.2) is 0 Å². The van der Waals surface area contributed by atoms with E-state index in [0.717, 1.165) is 22.9 Å². The first-order valence-electron chi connectivity index (χ1n) is 4.51. The molecule has 0 amide bonds. The molecule has 0 unspecified atom stereocenters.